The Hall–Kier alpha value is -2.23. The number of aliphatic imine (C=N–C) groups is 1. The quantitative estimate of drug-likeness (QED) is 0.448. The molecule has 0 saturated heterocycles. The lowest BCUT2D eigenvalue weighted by Gasteiger charge is -2.09. The summed E-state index contributed by atoms with van der Waals surface area (Å²) in [5.74, 6) is 1.21. The lowest BCUT2D eigenvalue weighted by Crippen LogP contribution is -2.32. The Labute approximate surface area is 114 Å². The van der Waals surface area contributed by atoms with Gasteiger partial charge in [0.1, 0.15) is 12.4 Å². The summed E-state index contributed by atoms with van der Waals surface area (Å²) in [6.07, 6.45) is 1.71. The Morgan fingerprint density at radius 2 is 2.21 bits per heavy atom. The van der Waals surface area contributed by atoms with Gasteiger partial charge in [0.2, 0.25) is 0 Å². The monoisotopic (exact) mass is 259 g/mol. The first-order valence-corrected chi connectivity index (χ1v) is 6.13. The number of nitrogens with zero attached hydrogens (tertiary/aromatic N) is 1. The van der Waals surface area contributed by atoms with Crippen molar-refractivity contribution in [2.24, 2.45) is 10.7 Å². The summed E-state index contributed by atoms with van der Waals surface area (Å²) in [4.78, 5) is 4.27. The summed E-state index contributed by atoms with van der Waals surface area (Å²) >= 11 is 0. The second-order valence-electron chi connectivity index (χ2n) is 4.22. The van der Waals surface area contributed by atoms with E-state index < -0.39 is 0 Å². The molecule has 102 valence electrons. The zero-order valence-corrected chi connectivity index (χ0v) is 11.4. The van der Waals surface area contributed by atoms with Gasteiger partial charge in [-0.3, -0.25) is 0 Å². The standard InChI is InChI=1S/C15H21N3O/c1-4-9-19-14-8-6-5-7-13(14)11-18-15(16)17-10-12(2)3/h4-8H,1-2,9-11H2,3H3,(H3,16,17,18). The minimum absolute atomic E-state index is 0.404. The molecule has 0 unspecified atom stereocenters. The first-order valence-electron chi connectivity index (χ1n) is 6.13. The molecule has 0 aliphatic heterocycles. The molecule has 0 atom stereocenters. The molecule has 0 radical (unpaired) electrons. The van der Waals surface area contributed by atoms with Crippen LogP contribution < -0.4 is 15.8 Å². The van der Waals surface area contributed by atoms with Crippen molar-refractivity contribution in [2.45, 2.75) is 13.5 Å². The molecule has 1 rings (SSSR count). The normalized spacial score (nSPS) is 10.9. The lowest BCUT2D eigenvalue weighted by atomic mass is 10.2. The maximum Gasteiger partial charge on any atom is 0.189 e. The van der Waals surface area contributed by atoms with E-state index in [0.29, 0.717) is 25.7 Å². The number of ether oxygens (including phenoxy) is 1. The maximum absolute atomic E-state index is 5.76. The molecule has 1 aromatic rings. The third kappa shape index (κ3) is 5.77. The number of benzene rings is 1. The summed E-state index contributed by atoms with van der Waals surface area (Å²) in [6.45, 7) is 10.9. The van der Waals surface area contributed by atoms with Crippen molar-refractivity contribution in [1.29, 1.82) is 0 Å². The van der Waals surface area contributed by atoms with Crippen LogP contribution in [-0.4, -0.2) is 19.1 Å². The van der Waals surface area contributed by atoms with E-state index in [2.05, 4.69) is 23.5 Å². The summed E-state index contributed by atoms with van der Waals surface area (Å²) in [5, 5.41) is 2.99. The number of nitrogens with two attached hydrogens (primary N) is 1. The van der Waals surface area contributed by atoms with Gasteiger partial charge in [-0.1, -0.05) is 43.0 Å². The Morgan fingerprint density at radius 3 is 2.89 bits per heavy atom. The zero-order chi connectivity index (χ0) is 14.1. The molecule has 4 nitrogen and oxygen atoms in total. The molecule has 0 saturated carbocycles. The van der Waals surface area contributed by atoms with Crippen LogP contribution in [-0.2, 0) is 6.54 Å². The molecule has 0 heterocycles. The Morgan fingerprint density at radius 1 is 1.47 bits per heavy atom. The van der Waals surface area contributed by atoms with E-state index in [-0.39, 0.29) is 0 Å². The Balaban J connectivity index is 2.63. The second kappa shape index (κ2) is 7.97. The van der Waals surface area contributed by atoms with Crippen LogP contribution >= 0.6 is 0 Å². The first-order chi connectivity index (χ1) is 9.13. The summed E-state index contributed by atoms with van der Waals surface area (Å²) in [5.41, 5.74) is 7.76. The fourth-order valence-corrected chi connectivity index (χ4v) is 1.39. The Kier molecular flexibility index (Phi) is 6.22. The molecule has 0 spiro atoms. The van der Waals surface area contributed by atoms with Gasteiger partial charge in [-0.05, 0) is 13.0 Å². The van der Waals surface area contributed by atoms with E-state index in [1.807, 2.05) is 31.2 Å². The minimum atomic E-state index is 0.404. The predicted octanol–water partition coefficient (Wildman–Crippen LogP) is 2.23. The number of nitrogens with one attached hydrogen (secondary N) is 1. The number of rotatable bonds is 7. The highest BCUT2D eigenvalue weighted by Gasteiger charge is 2.01. The van der Waals surface area contributed by atoms with Crippen molar-refractivity contribution in [3.05, 3.63) is 54.6 Å². The zero-order valence-electron chi connectivity index (χ0n) is 11.4. The van der Waals surface area contributed by atoms with E-state index in [9.17, 15) is 0 Å². The van der Waals surface area contributed by atoms with Crippen LogP contribution in [0.3, 0.4) is 0 Å². The van der Waals surface area contributed by atoms with Crippen molar-refractivity contribution in [1.82, 2.24) is 5.32 Å². The number of guanidine groups is 1. The van der Waals surface area contributed by atoms with Crippen LogP contribution in [0.25, 0.3) is 0 Å². The van der Waals surface area contributed by atoms with Gasteiger partial charge in [0.05, 0.1) is 6.54 Å². The lowest BCUT2D eigenvalue weighted by molar-refractivity contribution is 0.359. The van der Waals surface area contributed by atoms with E-state index in [1.165, 1.54) is 0 Å². The van der Waals surface area contributed by atoms with Gasteiger partial charge in [0.25, 0.3) is 0 Å². The first kappa shape index (κ1) is 14.8. The molecule has 0 aliphatic rings. The van der Waals surface area contributed by atoms with Crippen LogP contribution in [0.4, 0.5) is 0 Å². The highest BCUT2D eigenvalue weighted by Crippen LogP contribution is 2.18. The van der Waals surface area contributed by atoms with Gasteiger partial charge >= 0.3 is 0 Å². The third-order valence-corrected chi connectivity index (χ3v) is 2.32. The average Bonchev–Trinajstić information content (AvgIpc) is 2.41. The molecule has 0 fully saturated rings. The van der Waals surface area contributed by atoms with Gasteiger partial charge in [-0.15, -0.1) is 0 Å². The molecule has 19 heavy (non-hydrogen) atoms. The highest BCUT2D eigenvalue weighted by molar-refractivity contribution is 5.78. The van der Waals surface area contributed by atoms with Crippen LogP contribution in [0.1, 0.15) is 12.5 Å². The third-order valence-electron chi connectivity index (χ3n) is 2.32. The maximum atomic E-state index is 5.76. The van der Waals surface area contributed by atoms with Gasteiger partial charge in [-0.25, -0.2) is 4.99 Å². The van der Waals surface area contributed by atoms with Gasteiger partial charge < -0.3 is 15.8 Å². The van der Waals surface area contributed by atoms with Crippen molar-refractivity contribution in [3.8, 4) is 5.75 Å². The highest BCUT2D eigenvalue weighted by atomic mass is 16.5. The molecular formula is C15H21N3O. The van der Waals surface area contributed by atoms with Crippen LogP contribution in [0.15, 0.2) is 54.1 Å². The molecule has 0 aliphatic carbocycles. The summed E-state index contributed by atoms with van der Waals surface area (Å²) < 4.78 is 5.55. The van der Waals surface area contributed by atoms with Crippen LogP contribution in [0.2, 0.25) is 0 Å². The molecular weight excluding hydrogens is 238 g/mol. The fraction of sp³-hybridized carbons (Fsp3) is 0.267. The van der Waals surface area contributed by atoms with Crippen molar-refractivity contribution in [3.63, 3.8) is 0 Å². The van der Waals surface area contributed by atoms with Gasteiger partial charge in [0, 0.05) is 12.1 Å². The summed E-state index contributed by atoms with van der Waals surface area (Å²) in [6, 6.07) is 7.75. The largest absolute Gasteiger partial charge is 0.489 e. The molecule has 1 aromatic carbocycles. The average molecular weight is 259 g/mol. The molecule has 3 N–H and O–H groups in total. The molecule has 0 aromatic heterocycles. The van der Waals surface area contributed by atoms with Crippen LogP contribution in [0, 0.1) is 0 Å². The van der Waals surface area contributed by atoms with E-state index in [1.54, 1.807) is 6.08 Å². The minimum Gasteiger partial charge on any atom is -0.489 e. The number of para-hydroxylation sites is 1. The SMILES string of the molecule is C=CCOc1ccccc1CN=C(N)NCC(=C)C. The smallest absolute Gasteiger partial charge is 0.189 e. The summed E-state index contributed by atoms with van der Waals surface area (Å²) in [7, 11) is 0. The van der Waals surface area contributed by atoms with Crippen LogP contribution in [0.5, 0.6) is 5.75 Å². The number of hydrogen-bond donors (Lipinski definition) is 2. The van der Waals surface area contributed by atoms with E-state index >= 15 is 0 Å². The van der Waals surface area contributed by atoms with Crippen molar-refractivity contribution in [2.75, 3.05) is 13.2 Å². The molecule has 4 heteroatoms. The second-order valence-corrected chi connectivity index (χ2v) is 4.22. The fourth-order valence-electron chi connectivity index (χ4n) is 1.39. The van der Waals surface area contributed by atoms with Crippen molar-refractivity contribution < 1.29 is 4.74 Å². The predicted molar refractivity (Wildman–Crippen MR) is 80.3 cm³/mol. The topological polar surface area (TPSA) is 59.6 Å². The number of hydrogen-bond acceptors (Lipinski definition) is 2. The van der Waals surface area contributed by atoms with Crippen molar-refractivity contribution >= 4 is 5.96 Å². The van der Waals surface area contributed by atoms with E-state index in [0.717, 1.165) is 16.9 Å². The molecule has 0 amide bonds. The van der Waals surface area contributed by atoms with Gasteiger partial charge in [-0.2, -0.15) is 0 Å². The van der Waals surface area contributed by atoms with Gasteiger partial charge in [0.15, 0.2) is 5.96 Å². The van der Waals surface area contributed by atoms with E-state index in [4.69, 9.17) is 10.5 Å². The molecule has 0 bridgehead atoms. The Bertz CT molecular complexity index is 466.